The summed E-state index contributed by atoms with van der Waals surface area (Å²) >= 11 is 0. The fourth-order valence-corrected chi connectivity index (χ4v) is 3.48. The predicted molar refractivity (Wildman–Crippen MR) is 68.4 cm³/mol. The van der Waals surface area contributed by atoms with Crippen molar-refractivity contribution >= 4 is 0 Å². The summed E-state index contributed by atoms with van der Waals surface area (Å²) in [6.45, 7) is 0. The van der Waals surface area contributed by atoms with Crippen molar-refractivity contribution in [2.24, 2.45) is 11.8 Å². The topological polar surface area (TPSA) is 0 Å². The summed E-state index contributed by atoms with van der Waals surface area (Å²) in [5.41, 5.74) is 1.57. The maximum absolute atomic E-state index is 2.48. The summed E-state index contributed by atoms with van der Waals surface area (Å²) in [6, 6.07) is 11.1. The Morgan fingerprint density at radius 1 is 0.938 bits per heavy atom. The van der Waals surface area contributed by atoms with Crippen LogP contribution in [-0.2, 0) is 0 Å². The van der Waals surface area contributed by atoms with Gasteiger partial charge in [-0.2, -0.15) is 0 Å². The average molecular weight is 212 g/mol. The van der Waals surface area contributed by atoms with E-state index < -0.39 is 0 Å². The first kappa shape index (κ1) is 10.1. The third-order valence-electron chi connectivity index (χ3n) is 4.40. The third-order valence-corrected chi connectivity index (χ3v) is 4.40. The zero-order valence-electron chi connectivity index (χ0n) is 9.81. The molecule has 0 saturated heterocycles. The van der Waals surface area contributed by atoms with Crippen LogP contribution < -0.4 is 0 Å². The number of fused-ring (bicyclic) bond motifs is 1. The highest BCUT2D eigenvalue weighted by atomic mass is 14.3. The summed E-state index contributed by atoms with van der Waals surface area (Å²) in [6.07, 6.45) is 11.8. The van der Waals surface area contributed by atoms with E-state index >= 15 is 0 Å². The minimum absolute atomic E-state index is 0.828. The maximum atomic E-state index is 2.48. The molecule has 3 rings (SSSR count). The highest BCUT2D eigenvalue weighted by Crippen LogP contribution is 2.43. The Kier molecular flexibility index (Phi) is 2.82. The van der Waals surface area contributed by atoms with Crippen molar-refractivity contribution in [2.45, 2.75) is 38.0 Å². The minimum Gasteiger partial charge on any atom is -0.0882 e. The Balaban J connectivity index is 1.74. The number of benzene rings is 1. The van der Waals surface area contributed by atoms with Crippen LogP contribution in [0.25, 0.3) is 0 Å². The number of hydrogen-bond acceptors (Lipinski definition) is 0. The maximum Gasteiger partial charge on any atom is -0.0159 e. The Morgan fingerprint density at radius 3 is 2.69 bits per heavy atom. The normalized spacial score (nSPS) is 33.4. The smallest absolute Gasteiger partial charge is 0.0159 e. The average Bonchev–Trinajstić information content (AvgIpc) is 2.39. The lowest BCUT2D eigenvalue weighted by molar-refractivity contribution is 0.235. The molecule has 16 heavy (non-hydrogen) atoms. The SMILES string of the molecule is C1=CC2CCC(c3ccccc3)CC2CC1. The van der Waals surface area contributed by atoms with Gasteiger partial charge in [0, 0.05) is 0 Å². The molecule has 0 N–H and O–H groups in total. The first-order chi connectivity index (χ1) is 7.93. The molecule has 0 nitrogen and oxygen atoms in total. The minimum atomic E-state index is 0.828. The van der Waals surface area contributed by atoms with Crippen molar-refractivity contribution in [3.63, 3.8) is 0 Å². The molecule has 1 aromatic carbocycles. The first-order valence-corrected chi connectivity index (χ1v) is 6.65. The second-order valence-corrected chi connectivity index (χ2v) is 5.35. The summed E-state index contributed by atoms with van der Waals surface area (Å²) in [5.74, 6) is 2.69. The van der Waals surface area contributed by atoms with Crippen LogP contribution in [0.3, 0.4) is 0 Å². The van der Waals surface area contributed by atoms with Crippen molar-refractivity contribution in [3.05, 3.63) is 48.0 Å². The summed E-state index contributed by atoms with van der Waals surface area (Å²) in [5, 5.41) is 0. The molecule has 0 aliphatic heterocycles. The number of allylic oxidation sites excluding steroid dienone is 2. The van der Waals surface area contributed by atoms with Crippen molar-refractivity contribution < 1.29 is 0 Å². The lowest BCUT2D eigenvalue weighted by atomic mass is 9.68. The van der Waals surface area contributed by atoms with E-state index in [-0.39, 0.29) is 0 Å². The predicted octanol–water partition coefficient (Wildman–Crippen LogP) is 4.54. The second kappa shape index (κ2) is 4.45. The highest BCUT2D eigenvalue weighted by molar-refractivity contribution is 5.20. The lowest BCUT2D eigenvalue weighted by Crippen LogP contribution is -2.24. The van der Waals surface area contributed by atoms with E-state index in [2.05, 4.69) is 42.5 Å². The van der Waals surface area contributed by atoms with Crippen molar-refractivity contribution in [2.75, 3.05) is 0 Å². The molecule has 84 valence electrons. The van der Waals surface area contributed by atoms with Crippen LogP contribution >= 0.6 is 0 Å². The van der Waals surface area contributed by atoms with Crippen LogP contribution in [0.2, 0.25) is 0 Å². The van der Waals surface area contributed by atoms with Gasteiger partial charge in [-0.05, 0) is 55.4 Å². The lowest BCUT2D eigenvalue weighted by Gasteiger charge is -2.36. The molecule has 2 aliphatic rings. The zero-order valence-corrected chi connectivity index (χ0v) is 9.81. The highest BCUT2D eigenvalue weighted by Gasteiger charge is 2.30. The molecular weight excluding hydrogens is 192 g/mol. The van der Waals surface area contributed by atoms with Crippen molar-refractivity contribution in [1.82, 2.24) is 0 Å². The van der Waals surface area contributed by atoms with E-state index in [9.17, 15) is 0 Å². The fraction of sp³-hybridized carbons (Fsp3) is 0.500. The zero-order chi connectivity index (χ0) is 10.8. The molecule has 0 amide bonds. The van der Waals surface area contributed by atoms with Gasteiger partial charge in [0.2, 0.25) is 0 Å². The van der Waals surface area contributed by atoms with Gasteiger partial charge in [-0.1, -0.05) is 42.5 Å². The van der Waals surface area contributed by atoms with Gasteiger partial charge in [0.15, 0.2) is 0 Å². The molecule has 2 aliphatic carbocycles. The molecule has 0 aromatic heterocycles. The van der Waals surface area contributed by atoms with E-state index in [4.69, 9.17) is 0 Å². The van der Waals surface area contributed by atoms with Gasteiger partial charge in [-0.3, -0.25) is 0 Å². The van der Waals surface area contributed by atoms with E-state index in [1.165, 1.54) is 32.1 Å². The van der Waals surface area contributed by atoms with Crippen molar-refractivity contribution in [3.8, 4) is 0 Å². The van der Waals surface area contributed by atoms with E-state index in [1.54, 1.807) is 5.56 Å². The van der Waals surface area contributed by atoms with Crippen LogP contribution in [-0.4, -0.2) is 0 Å². The molecule has 1 saturated carbocycles. The molecule has 1 fully saturated rings. The van der Waals surface area contributed by atoms with Gasteiger partial charge in [0.1, 0.15) is 0 Å². The molecule has 0 heterocycles. The molecule has 0 bridgehead atoms. The van der Waals surface area contributed by atoms with Gasteiger partial charge >= 0.3 is 0 Å². The molecule has 3 atom stereocenters. The molecule has 3 unspecified atom stereocenters. The first-order valence-electron chi connectivity index (χ1n) is 6.65. The Morgan fingerprint density at radius 2 is 1.81 bits per heavy atom. The van der Waals surface area contributed by atoms with Crippen LogP contribution in [0, 0.1) is 11.8 Å². The van der Waals surface area contributed by atoms with E-state index in [1.807, 2.05) is 0 Å². The van der Waals surface area contributed by atoms with Crippen molar-refractivity contribution in [1.29, 1.82) is 0 Å². The summed E-state index contributed by atoms with van der Waals surface area (Å²) in [4.78, 5) is 0. The van der Waals surface area contributed by atoms with E-state index in [0.717, 1.165) is 17.8 Å². The molecule has 0 heteroatoms. The van der Waals surface area contributed by atoms with Gasteiger partial charge in [0.25, 0.3) is 0 Å². The fourth-order valence-electron chi connectivity index (χ4n) is 3.48. The largest absolute Gasteiger partial charge is 0.0882 e. The van der Waals surface area contributed by atoms with Crippen LogP contribution in [0.5, 0.6) is 0 Å². The Hall–Kier alpha value is -1.04. The number of rotatable bonds is 1. The van der Waals surface area contributed by atoms with Gasteiger partial charge in [0.05, 0.1) is 0 Å². The number of hydrogen-bond donors (Lipinski definition) is 0. The molecular formula is C16H20. The Bertz CT molecular complexity index is 363. The Labute approximate surface area is 98.4 Å². The molecule has 1 aromatic rings. The summed E-state index contributed by atoms with van der Waals surface area (Å²) in [7, 11) is 0. The second-order valence-electron chi connectivity index (χ2n) is 5.35. The summed E-state index contributed by atoms with van der Waals surface area (Å²) < 4.78 is 0. The quantitative estimate of drug-likeness (QED) is 0.600. The van der Waals surface area contributed by atoms with Crippen LogP contribution in [0.1, 0.15) is 43.6 Å². The molecule has 0 radical (unpaired) electrons. The standard InChI is InChI=1S/C16H20/c1-2-6-13(7-3-1)16-11-10-14-8-4-5-9-15(14)12-16/h1-4,6-8,14-16H,5,9-12H2. The molecule has 0 spiro atoms. The van der Waals surface area contributed by atoms with Gasteiger partial charge in [-0.15, -0.1) is 0 Å². The van der Waals surface area contributed by atoms with E-state index in [0.29, 0.717) is 0 Å². The van der Waals surface area contributed by atoms with Gasteiger partial charge < -0.3 is 0 Å². The van der Waals surface area contributed by atoms with Crippen LogP contribution in [0.15, 0.2) is 42.5 Å². The monoisotopic (exact) mass is 212 g/mol. The van der Waals surface area contributed by atoms with Crippen LogP contribution in [0.4, 0.5) is 0 Å². The third kappa shape index (κ3) is 1.93. The van der Waals surface area contributed by atoms with Gasteiger partial charge in [-0.25, -0.2) is 0 Å².